The second-order valence-electron chi connectivity index (χ2n) is 5.70. The van der Waals surface area contributed by atoms with Crippen LogP contribution < -0.4 is 5.32 Å². The van der Waals surface area contributed by atoms with E-state index in [0.29, 0.717) is 23.9 Å². The van der Waals surface area contributed by atoms with Crippen molar-refractivity contribution in [2.24, 2.45) is 5.92 Å². The molecule has 0 aromatic heterocycles. The number of piperidine rings is 1. The molecule has 6 heteroatoms. The first-order valence-electron chi connectivity index (χ1n) is 7.17. The van der Waals surface area contributed by atoms with E-state index < -0.39 is 10.0 Å². The number of nitrogens with one attached hydrogen (secondary N) is 1. The average molecular weight is 333 g/mol. The largest absolute Gasteiger partial charge is 0.319 e. The Morgan fingerprint density at radius 3 is 2.71 bits per heavy atom. The van der Waals surface area contributed by atoms with Gasteiger partial charge < -0.3 is 5.32 Å². The van der Waals surface area contributed by atoms with Crippen molar-refractivity contribution in [2.45, 2.75) is 31.6 Å². The summed E-state index contributed by atoms with van der Waals surface area (Å²) in [6.45, 7) is 5.92. The third-order valence-corrected chi connectivity index (χ3v) is 5.94. The average Bonchev–Trinajstić information content (AvgIpc) is 2.42. The van der Waals surface area contributed by atoms with Gasteiger partial charge in [0, 0.05) is 13.1 Å². The standard InChI is InChI=1S/C15H24N2O2S.ClH/c1-12-6-7-13(2)15(9-12)20(18,19)17-8-4-5-14(11-17)10-16-3;/h6-7,9,14,16H,4-5,8,10-11H2,1-3H3;1H. The van der Waals surface area contributed by atoms with E-state index in [2.05, 4.69) is 5.32 Å². The molecule has 21 heavy (non-hydrogen) atoms. The molecule has 0 aliphatic carbocycles. The van der Waals surface area contributed by atoms with Gasteiger partial charge in [0.15, 0.2) is 0 Å². The first-order chi connectivity index (χ1) is 9.45. The Labute approximate surface area is 134 Å². The minimum Gasteiger partial charge on any atom is -0.319 e. The number of benzene rings is 1. The van der Waals surface area contributed by atoms with Crippen LogP contribution in [0.2, 0.25) is 0 Å². The van der Waals surface area contributed by atoms with Gasteiger partial charge >= 0.3 is 0 Å². The van der Waals surface area contributed by atoms with E-state index in [1.54, 1.807) is 10.4 Å². The summed E-state index contributed by atoms with van der Waals surface area (Å²) >= 11 is 0. The van der Waals surface area contributed by atoms with Gasteiger partial charge in [-0.15, -0.1) is 12.4 Å². The molecule has 1 unspecified atom stereocenters. The van der Waals surface area contributed by atoms with Crippen LogP contribution in [0.3, 0.4) is 0 Å². The maximum Gasteiger partial charge on any atom is 0.243 e. The highest BCUT2D eigenvalue weighted by Crippen LogP contribution is 2.26. The number of hydrogen-bond acceptors (Lipinski definition) is 3. The van der Waals surface area contributed by atoms with Gasteiger partial charge in [0.05, 0.1) is 4.90 Å². The second-order valence-corrected chi connectivity index (χ2v) is 7.60. The summed E-state index contributed by atoms with van der Waals surface area (Å²) in [7, 11) is -1.45. The van der Waals surface area contributed by atoms with Gasteiger partial charge in [-0.05, 0) is 63.4 Å². The topological polar surface area (TPSA) is 49.4 Å². The SMILES string of the molecule is CNCC1CCCN(S(=O)(=O)c2cc(C)ccc2C)C1.Cl. The predicted molar refractivity (Wildman–Crippen MR) is 88.6 cm³/mol. The fourth-order valence-electron chi connectivity index (χ4n) is 2.82. The van der Waals surface area contributed by atoms with Crippen molar-refractivity contribution >= 4 is 22.4 Å². The molecular formula is C15H25ClN2O2S. The Morgan fingerprint density at radius 2 is 2.05 bits per heavy atom. The monoisotopic (exact) mass is 332 g/mol. The summed E-state index contributed by atoms with van der Waals surface area (Å²) < 4.78 is 27.3. The first-order valence-corrected chi connectivity index (χ1v) is 8.61. The number of aryl methyl sites for hydroxylation is 2. The van der Waals surface area contributed by atoms with E-state index in [1.807, 2.05) is 33.0 Å². The quantitative estimate of drug-likeness (QED) is 0.920. The third kappa shape index (κ3) is 4.19. The summed E-state index contributed by atoms with van der Waals surface area (Å²) in [6.07, 6.45) is 2.04. The van der Waals surface area contributed by atoms with Crippen LogP contribution in [-0.4, -0.2) is 39.4 Å². The molecule has 0 saturated carbocycles. The van der Waals surface area contributed by atoms with Crippen LogP contribution in [0.5, 0.6) is 0 Å². The van der Waals surface area contributed by atoms with Gasteiger partial charge in [0.2, 0.25) is 10.0 Å². The number of rotatable bonds is 4. The Balaban J connectivity index is 0.00000220. The molecule has 1 atom stereocenters. The lowest BCUT2D eigenvalue weighted by molar-refractivity contribution is 0.263. The van der Waals surface area contributed by atoms with E-state index in [4.69, 9.17) is 0 Å². The van der Waals surface area contributed by atoms with Crippen molar-refractivity contribution in [3.8, 4) is 0 Å². The minimum atomic E-state index is -3.36. The van der Waals surface area contributed by atoms with E-state index >= 15 is 0 Å². The molecule has 120 valence electrons. The predicted octanol–water partition coefficient (Wildman–Crippen LogP) is 2.35. The second kappa shape index (κ2) is 7.58. The lowest BCUT2D eigenvalue weighted by atomic mass is 10.00. The lowest BCUT2D eigenvalue weighted by Gasteiger charge is -2.32. The van der Waals surface area contributed by atoms with Gasteiger partial charge in [0.25, 0.3) is 0 Å². The van der Waals surface area contributed by atoms with Crippen molar-refractivity contribution in [2.75, 3.05) is 26.7 Å². The van der Waals surface area contributed by atoms with Crippen LogP contribution in [0.1, 0.15) is 24.0 Å². The smallest absolute Gasteiger partial charge is 0.243 e. The molecule has 1 aliphatic rings. The van der Waals surface area contributed by atoms with Gasteiger partial charge in [-0.2, -0.15) is 4.31 Å². The van der Waals surface area contributed by atoms with Crippen LogP contribution in [-0.2, 0) is 10.0 Å². The maximum absolute atomic E-state index is 12.8. The molecule has 1 saturated heterocycles. The van der Waals surface area contributed by atoms with Gasteiger partial charge in [-0.3, -0.25) is 0 Å². The first kappa shape index (κ1) is 18.4. The van der Waals surface area contributed by atoms with Crippen LogP contribution in [0.4, 0.5) is 0 Å². The van der Waals surface area contributed by atoms with E-state index in [1.165, 1.54) is 0 Å². The molecule has 1 N–H and O–H groups in total. The Morgan fingerprint density at radius 1 is 1.33 bits per heavy atom. The zero-order valence-corrected chi connectivity index (χ0v) is 14.6. The van der Waals surface area contributed by atoms with E-state index in [9.17, 15) is 8.42 Å². The number of sulfonamides is 1. The fourth-order valence-corrected chi connectivity index (χ4v) is 4.69. The van der Waals surface area contributed by atoms with Crippen molar-refractivity contribution in [1.82, 2.24) is 9.62 Å². The normalized spacial score (nSPS) is 20.0. The zero-order valence-electron chi connectivity index (χ0n) is 12.9. The lowest BCUT2D eigenvalue weighted by Crippen LogP contribution is -2.42. The molecular weight excluding hydrogens is 308 g/mol. The molecule has 1 aromatic rings. The number of nitrogens with zero attached hydrogens (tertiary/aromatic N) is 1. The molecule has 4 nitrogen and oxygen atoms in total. The van der Waals surface area contributed by atoms with Crippen LogP contribution >= 0.6 is 12.4 Å². The van der Waals surface area contributed by atoms with Gasteiger partial charge in [-0.25, -0.2) is 8.42 Å². The molecule has 0 radical (unpaired) electrons. The molecule has 0 bridgehead atoms. The fraction of sp³-hybridized carbons (Fsp3) is 0.600. The minimum absolute atomic E-state index is 0. The zero-order chi connectivity index (χ0) is 14.8. The van der Waals surface area contributed by atoms with Crippen molar-refractivity contribution in [1.29, 1.82) is 0 Å². The summed E-state index contributed by atoms with van der Waals surface area (Å²) in [5, 5.41) is 3.15. The molecule has 2 rings (SSSR count). The summed E-state index contributed by atoms with van der Waals surface area (Å²) in [6, 6.07) is 5.62. The Bertz CT molecular complexity index is 573. The molecule has 1 aliphatic heterocycles. The molecule has 1 fully saturated rings. The van der Waals surface area contributed by atoms with Crippen LogP contribution in [0, 0.1) is 19.8 Å². The highest BCUT2D eigenvalue weighted by atomic mass is 35.5. The van der Waals surface area contributed by atoms with Gasteiger partial charge in [-0.1, -0.05) is 12.1 Å². The maximum atomic E-state index is 12.8. The summed E-state index contributed by atoms with van der Waals surface area (Å²) in [5.41, 5.74) is 1.81. The molecule has 0 amide bonds. The highest BCUT2D eigenvalue weighted by molar-refractivity contribution is 7.89. The number of hydrogen-bond donors (Lipinski definition) is 1. The number of halogens is 1. The summed E-state index contributed by atoms with van der Waals surface area (Å²) in [5.74, 6) is 0.411. The van der Waals surface area contributed by atoms with Crippen LogP contribution in [0.15, 0.2) is 23.1 Å². The Hall–Kier alpha value is -0.620. The summed E-state index contributed by atoms with van der Waals surface area (Å²) in [4.78, 5) is 0.461. The van der Waals surface area contributed by atoms with Crippen molar-refractivity contribution in [3.05, 3.63) is 29.3 Å². The Kier molecular flexibility index (Phi) is 6.66. The highest BCUT2D eigenvalue weighted by Gasteiger charge is 2.30. The van der Waals surface area contributed by atoms with E-state index in [-0.39, 0.29) is 12.4 Å². The van der Waals surface area contributed by atoms with Crippen molar-refractivity contribution < 1.29 is 8.42 Å². The van der Waals surface area contributed by atoms with Crippen molar-refractivity contribution in [3.63, 3.8) is 0 Å². The van der Waals surface area contributed by atoms with Gasteiger partial charge in [0.1, 0.15) is 0 Å². The molecule has 0 spiro atoms. The van der Waals surface area contributed by atoms with E-state index in [0.717, 1.165) is 30.5 Å². The van der Waals surface area contributed by atoms with Crippen LogP contribution in [0.25, 0.3) is 0 Å². The third-order valence-electron chi connectivity index (χ3n) is 3.94. The molecule has 1 heterocycles. The molecule has 1 aromatic carbocycles.